The van der Waals surface area contributed by atoms with Gasteiger partial charge in [0, 0.05) is 23.3 Å². The summed E-state index contributed by atoms with van der Waals surface area (Å²) >= 11 is 1.35. The summed E-state index contributed by atoms with van der Waals surface area (Å²) in [6, 6.07) is 1.93. The molecule has 3 aromatic heterocycles. The van der Waals surface area contributed by atoms with Crippen LogP contribution in [0.4, 0.5) is 5.13 Å². The highest BCUT2D eigenvalue weighted by molar-refractivity contribution is 7.14. The molecule has 0 saturated carbocycles. The second kappa shape index (κ2) is 5.45. The zero-order valence-electron chi connectivity index (χ0n) is 11.5. The lowest BCUT2D eigenvalue weighted by Gasteiger charge is -1.99. The maximum atomic E-state index is 12.0. The largest absolute Gasteiger partial charge is 0.466 e. The van der Waals surface area contributed by atoms with Crippen LogP contribution in [0.3, 0.4) is 0 Å². The van der Waals surface area contributed by atoms with Gasteiger partial charge in [-0.05, 0) is 19.9 Å². The average molecular weight is 300 g/mol. The lowest BCUT2D eigenvalue weighted by Crippen LogP contribution is -2.13. The predicted molar refractivity (Wildman–Crippen MR) is 79.3 cm³/mol. The lowest BCUT2D eigenvalue weighted by molar-refractivity contribution is 0.102. The van der Waals surface area contributed by atoms with Crippen molar-refractivity contribution < 1.29 is 9.21 Å². The summed E-state index contributed by atoms with van der Waals surface area (Å²) in [5, 5.41) is 5.10. The van der Waals surface area contributed by atoms with Gasteiger partial charge in [-0.25, -0.2) is 9.97 Å². The van der Waals surface area contributed by atoms with E-state index >= 15 is 0 Å². The highest BCUT2D eigenvalue weighted by Crippen LogP contribution is 2.29. The van der Waals surface area contributed by atoms with Crippen molar-refractivity contribution in [2.24, 2.45) is 0 Å². The smallest absolute Gasteiger partial charge is 0.277 e. The number of rotatable bonds is 3. The Morgan fingerprint density at radius 1 is 1.33 bits per heavy atom. The molecule has 0 radical (unpaired) electrons. The molecule has 7 heteroatoms. The Bertz CT molecular complexity index is 779. The van der Waals surface area contributed by atoms with Crippen molar-refractivity contribution in [3.05, 3.63) is 47.3 Å². The molecule has 21 heavy (non-hydrogen) atoms. The number of nitrogens with zero attached hydrogens (tertiary/aromatic N) is 3. The minimum Gasteiger partial charge on any atom is -0.466 e. The fourth-order valence-electron chi connectivity index (χ4n) is 1.92. The third-order valence-electron chi connectivity index (χ3n) is 2.84. The van der Waals surface area contributed by atoms with Crippen LogP contribution in [0.5, 0.6) is 0 Å². The van der Waals surface area contributed by atoms with Gasteiger partial charge in [0.1, 0.15) is 17.2 Å². The van der Waals surface area contributed by atoms with Crippen molar-refractivity contribution in [2.75, 3.05) is 5.32 Å². The molecule has 6 nitrogen and oxygen atoms in total. The molecule has 3 heterocycles. The number of aryl methyl sites for hydroxylation is 2. The highest BCUT2D eigenvalue weighted by Gasteiger charge is 2.13. The van der Waals surface area contributed by atoms with Crippen LogP contribution in [0, 0.1) is 13.8 Å². The average Bonchev–Trinajstić information content (AvgIpc) is 3.06. The summed E-state index contributed by atoms with van der Waals surface area (Å²) < 4.78 is 5.49. The first-order valence-corrected chi connectivity index (χ1v) is 7.12. The molecule has 0 aliphatic rings. The molecule has 1 N–H and O–H groups in total. The SMILES string of the molecule is Cc1cc(-c2csc(NC(=O)c3cnccn3)n2)c(C)o1. The van der Waals surface area contributed by atoms with Gasteiger partial charge in [0.15, 0.2) is 5.13 Å². The van der Waals surface area contributed by atoms with E-state index in [1.54, 1.807) is 0 Å². The van der Waals surface area contributed by atoms with E-state index in [-0.39, 0.29) is 11.6 Å². The number of thiazole rings is 1. The maximum absolute atomic E-state index is 12.0. The van der Waals surface area contributed by atoms with Gasteiger partial charge in [0.2, 0.25) is 0 Å². The van der Waals surface area contributed by atoms with Crippen molar-refractivity contribution in [1.29, 1.82) is 0 Å². The Kier molecular flexibility index (Phi) is 3.49. The van der Waals surface area contributed by atoms with Gasteiger partial charge < -0.3 is 4.42 Å². The molecule has 0 aliphatic carbocycles. The third kappa shape index (κ3) is 2.82. The minimum atomic E-state index is -0.330. The number of anilines is 1. The van der Waals surface area contributed by atoms with Crippen LogP contribution in [0.25, 0.3) is 11.3 Å². The van der Waals surface area contributed by atoms with Crippen LogP contribution in [-0.4, -0.2) is 20.9 Å². The summed E-state index contributed by atoms with van der Waals surface area (Å²) in [4.78, 5) is 24.2. The van der Waals surface area contributed by atoms with Crippen molar-refractivity contribution in [3.63, 3.8) is 0 Å². The zero-order valence-corrected chi connectivity index (χ0v) is 12.3. The zero-order chi connectivity index (χ0) is 14.8. The molecular formula is C14H12N4O2S. The third-order valence-corrected chi connectivity index (χ3v) is 3.60. The number of aromatic nitrogens is 3. The van der Waals surface area contributed by atoms with E-state index in [1.165, 1.54) is 29.9 Å². The van der Waals surface area contributed by atoms with E-state index in [9.17, 15) is 4.79 Å². The Morgan fingerprint density at radius 3 is 2.86 bits per heavy atom. The van der Waals surface area contributed by atoms with Gasteiger partial charge in [0.05, 0.1) is 11.9 Å². The summed E-state index contributed by atoms with van der Waals surface area (Å²) in [5.41, 5.74) is 1.97. The van der Waals surface area contributed by atoms with Gasteiger partial charge in [-0.1, -0.05) is 0 Å². The van der Waals surface area contributed by atoms with Crippen molar-refractivity contribution in [3.8, 4) is 11.3 Å². The minimum absolute atomic E-state index is 0.254. The van der Waals surface area contributed by atoms with Gasteiger partial charge in [0.25, 0.3) is 5.91 Å². The number of nitrogens with one attached hydrogen (secondary N) is 1. The number of carbonyl (C=O) groups is 1. The fourth-order valence-corrected chi connectivity index (χ4v) is 2.62. The molecule has 3 rings (SSSR count). The molecule has 0 bridgehead atoms. The Morgan fingerprint density at radius 2 is 2.19 bits per heavy atom. The van der Waals surface area contributed by atoms with Gasteiger partial charge in [-0.3, -0.25) is 15.1 Å². The molecule has 1 amide bonds. The van der Waals surface area contributed by atoms with Crippen molar-refractivity contribution in [1.82, 2.24) is 15.0 Å². The van der Waals surface area contributed by atoms with Crippen LogP contribution in [0.1, 0.15) is 22.0 Å². The van der Waals surface area contributed by atoms with E-state index in [0.29, 0.717) is 5.13 Å². The molecule has 0 atom stereocenters. The van der Waals surface area contributed by atoms with E-state index in [0.717, 1.165) is 22.8 Å². The molecule has 106 valence electrons. The van der Waals surface area contributed by atoms with E-state index in [2.05, 4.69) is 20.3 Å². The van der Waals surface area contributed by atoms with Gasteiger partial charge in [-0.15, -0.1) is 11.3 Å². The standard InChI is InChI=1S/C14H12N4O2S/c1-8-5-10(9(2)20-8)12-7-21-14(17-12)18-13(19)11-6-15-3-4-16-11/h3-7H,1-2H3,(H,17,18,19). The van der Waals surface area contributed by atoms with Crippen LogP contribution >= 0.6 is 11.3 Å². The normalized spacial score (nSPS) is 10.6. The molecular weight excluding hydrogens is 288 g/mol. The molecule has 0 unspecified atom stereocenters. The van der Waals surface area contributed by atoms with Crippen LogP contribution in [0.2, 0.25) is 0 Å². The monoisotopic (exact) mass is 300 g/mol. The fraction of sp³-hybridized carbons (Fsp3) is 0.143. The highest BCUT2D eigenvalue weighted by atomic mass is 32.1. The quantitative estimate of drug-likeness (QED) is 0.804. The van der Waals surface area contributed by atoms with Crippen LogP contribution in [-0.2, 0) is 0 Å². The number of amides is 1. The topological polar surface area (TPSA) is 80.9 Å². The second-order valence-corrected chi connectivity index (χ2v) is 5.27. The van der Waals surface area contributed by atoms with Crippen LogP contribution in [0.15, 0.2) is 34.5 Å². The van der Waals surface area contributed by atoms with Crippen LogP contribution < -0.4 is 5.32 Å². The molecule has 0 spiro atoms. The summed E-state index contributed by atoms with van der Waals surface area (Å²) in [5.74, 6) is 1.31. The predicted octanol–water partition coefficient (Wildman–Crippen LogP) is 3.06. The Labute approximate surface area is 124 Å². The molecule has 0 fully saturated rings. The van der Waals surface area contributed by atoms with E-state index in [1.807, 2.05) is 25.3 Å². The molecule has 0 saturated heterocycles. The van der Waals surface area contributed by atoms with E-state index < -0.39 is 0 Å². The van der Waals surface area contributed by atoms with Crippen molar-refractivity contribution >= 4 is 22.4 Å². The summed E-state index contributed by atoms with van der Waals surface area (Å²) in [6.45, 7) is 3.78. The second-order valence-electron chi connectivity index (χ2n) is 4.41. The first-order valence-electron chi connectivity index (χ1n) is 6.24. The number of carbonyl (C=O) groups excluding carboxylic acids is 1. The number of furan rings is 1. The molecule has 3 aromatic rings. The lowest BCUT2D eigenvalue weighted by atomic mass is 10.2. The first-order chi connectivity index (χ1) is 10.1. The number of hydrogen-bond acceptors (Lipinski definition) is 6. The maximum Gasteiger partial charge on any atom is 0.277 e. The molecule has 0 aliphatic heterocycles. The number of hydrogen-bond donors (Lipinski definition) is 1. The Balaban J connectivity index is 1.80. The summed E-state index contributed by atoms with van der Waals surface area (Å²) in [6.07, 6.45) is 4.40. The van der Waals surface area contributed by atoms with Crippen molar-refractivity contribution in [2.45, 2.75) is 13.8 Å². The summed E-state index contributed by atoms with van der Waals surface area (Å²) in [7, 11) is 0. The molecule has 0 aromatic carbocycles. The first kappa shape index (κ1) is 13.4. The Hall–Kier alpha value is -2.54. The van der Waals surface area contributed by atoms with Gasteiger partial charge >= 0.3 is 0 Å². The van der Waals surface area contributed by atoms with E-state index in [4.69, 9.17) is 4.42 Å². The van der Waals surface area contributed by atoms with Gasteiger partial charge in [-0.2, -0.15) is 0 Å².